The van der Waals surface area contributed by atoms with E-state index in [1.807, 2.05) is 6.07 Å². The molecule has 0 aromatic heterocycles. The summed E-state index contributed by atoms with van der Waals surface area (Å²) in [6, 6.07) is 8.74. The van der Waals surface area contributed by atoms with E-state index in [4.69, 9.17) is 4.74 Å². The van der Waals surface area contributed by atoms with Crippen molar-refractivity contribution in [3.8, 4) is 5.75 Å². The van der Waals surface area contributed by atoms with Crippen LogP contribution in [0.4, 0.5) is 0 Å². The first-order valence-corrected chi connectivity index (χ1v) is 11.2. The van der Waals surface area contributed by atoms with Gasteiger partial charge in [0, 0.05) is 25.1 Å². The number of nitrogens with zero attached hydrogens (tertiary/aromatic N) is 1. The highest BCUT2D eigenvalue weighted by atomic mass is 16.5. The Hall–Kier alpha value is -2.24. The Morgan fingerprint density at radius 3 is 2.62 bits per heavy atom. The van der Waals surface area contributed by atoms with Gasteiger partial charge < -0.3 is 20.7 Å². The fourth-order valence-corrected chi connectivity index (χ4v) is 5.12. The van der Waals surface area contributed by atoms with Crippen LogP contribution in [0, 0.1) is 0 Å². The standard InChI is InChI=1S/C23H34N4O2/c1-24-22(25-16-21(28)26-17-9-3-2-4-10-17)27-19-15-23(13-7-8-14-23)29-20-12-6-5-11-18(19)20/h5-6,11-12,17,19H,2-4,7-10,13-16H2,1H3,(H,26,28)(H2,24,25,27). The van der Waals surface area contributed by atoms with Crippen LogP contribution < -0.4 is 20.7 Å². The Kier molecular flexibility index (Phi) is 6.26. The maximum Gasteiger partial charge on any atom is 0.239 e. The van der Waals surface area contributed by atoms with Crippen LogP contribution in [0.15, 0.2) is 29.3 Å². The largest absolute Gasteiger partial charge is 0.487 e. The Labute approximate surface area is 173 Å². The zero-order chi connectivity index (χ0) is 20.1. The molecule has 6 nitrogen and oxygen atoms in total. The Bertz CT molecular complexity index is 736. The SMILES string of the molecule is CN=C(NCC(=O)NC1CCCCC1)NC1CC2(CCCC2)Oc2ccccc21. The molecule has 158 valence electrons. The molecule has 1 amide bonds. The van der Waals surface area contributed by atoms with Crippen molar-refractivity contribution in [1.29, 1.82) is 0 Å². The number of hydrogen-bond acceptors (Lipinski definition) is 3. The fourth-order valence-electron chi connectivity index (χ4n) is 5.12. The molecule has 1 unspecified atom stereocenters. The molecule has 0 saturated heterocycles. The summed E-state index contributed by atoms with van der Waals surface area (Å²) in [5, 5.41) is 9.91. The highest BCUT2D eigenvalue weighted by Crippen LogP contribution is 2.46. The zero-order valence-corrected chi connectivity index (χ0v) is 17.5. The molecule has 0 radical (unpaired) electrons. The molecule has 1 spiro atoms. The minimum Gasteiger partial charge on any atom is -0.487 e. The van der Waals surface area contributed by atoms with Gasteiger partial charge in [-0.25, -0.2) is 0 Å². The topological polar surface area (TPSA) is 74.8 Å². The van der Waals surface area contributed by atoms with Crippen molar-refractivity contribution in [1.82, 2.24) is 16.0 Å². The minimum atomic E-state index is -0.0662. The van der Waals surface area contributed by atoms with E-state index < -0.39 is 0 Å². The molecule has 1 aliphatic heterocycles. The molecule has 3 aliphatic rings. The maximum absolute atomic E-state index is 12.3. The van der Waals surface area contributed by atoms with Gasteiger partial charge in [-0.05, 0) is 44.6 Å². The first-order valence-electron chi connectivity index (χ1n) is 11.2. The van der Waals surface area contributed by atoms with Crippen molar-refractivity contribution < 1.29 is 9.53 Å². The van der Waals surface area contributed by atoms with E-state index in [2.05, 4.69) is 39.1 Å². The van der Waals surface area contributed by atoms with Crippen molar-refractivity contribution in [2.45, 2.75) is 81.9 Å². The highest BCUT2D eigenvalue weighted by Gasteiger charge is 2.43. The van der Waals surface area contributed by atoms with E-state index in [1.54, 1.807) is 7.05 Å². The summed E-state index contributed by atoms with van der Waals surface area (Å²) in [5.41, 5.74) is 1.10. The first kappa shape index (κ1) is 20.0. The van der Waals surface area contributed by atoms with Gasteiger partial charge in [-0.15, -0.1) is 0 Å². The van der Waals surface area contributed by atoms with Gasteiger partial charge >= 0.3 is 0 Å². The Balaban J connectivity index is 1.36. The second-order valence-corrected chi connectivity index (χ2v) is 8.76. The summed E-state index contributed by atoms with van der Waals surface area (Å²) in [6.07, 6.45) is 11.5. The van der Waals surface area contributed by atoms with E-state index in [9.17, 15) is 4.79 Å². The van der Waals surface area contributed by atoms with Crippen molar-refractivity contribution in [3.05, 3.63) is 29.8 Å². The van der Waals surface area contributed by atoms with Gasteiger partial charge in [-0.2, -0.15) is 0 Å². The lowest BCUT2D eigenvalue weighted by molar-refractivity contribution is -0.120. The molecule has 4 rings (SSSR count). The number of carbonyl (C=O) groups is 1. The molecule has 1 aromatic carbocycles. The van der Waals surface area contributed by atoms with Crippen LogP contribution in [0.25, 0.3) is 0 Å². The molecule has 2 fully saturated rings. The number of benzene rings is 1. The zero-order valence-electron chi connectivity index (χ0n) is 17.5. The maximum atomic E-state index is 12.3. The molecule has 3 N–H and O–H groups in total. The summed E-state index contributed by atoms with van der Waals surface area (Å²) < 4.78 is 6.44. The number of hydrogen-bond donors (Lipinski definition) is 3. The summed E-state index contributed by atoms with van der Waals surface area (Å²) in [5.74, 6) is 1.68. The van der Waals surface area contributed by atoms with Gasteiger partial charge in [0.25, 0.3) is 0 Å². The Morgan fingerprint density at radius 2 is 1.86 bits per heavy atom. The molecule has 0 bridgehead atoms. The number of carbonyl (C=O) groups excluding carboxylic acids is 1. The lowest BCUT2D eigenvalue weighted by atomic mass is 9.86. The van der Waals surface area contributed by atoms with E-state index in [-0.39, 0.29) is 24.1 Å². The second kappa shape index (κ2) is 9.06. The summed E-state index contributed by atoms with van der Waals surface area (Å²) in [4.78, 5) is 16.7. The number of fused-ring (bicyclic) bond motifs is 1. The lowest BCUT2D eigenvalue weighted by Crippen LogP contribution is -2.49. The average molecular weight is 399 g/mol. The van der Waals surface area contributed by atoms with Gasteiger partial charge in [-0.3, -0.25) is 9.79 Å². The van der Waals surface area contributed by atoms with E-state index in [0.717, 1.165) is 37.9 Å². The van der Waals surface area contributed by atoms with Crippen LogP contribution in [-0.2, 0) is 4.79 Å². The van der Waals surface area contributed by atoms with Crippen molar-refractivity contribution in [3.63, 3.8) is 0 Å². The summed E-state index contributed by atoms with van der Waals surface area (Å²) in [6.45, 7) is 0.242. The number of rotatable bonds is 4. The quantitative estimate of drug-likeness (QED) is 0.537. The second-order valence-electron chi connectivity index (χ2n) is 8.76. The summed E-state index contributed by atoms with van der Waals surface area (Å²) in [7, 11) is 1.75. The predicted molar refractivity (Wildman–Crippen MR) is 115 cm³/mol. The normalized spacial score (nSPS) is 23.9. The van der Waals surface area contributed by atoms with E-state index in [0.29, 0.717) is 12.0 Å². The smallest absolute Gasteiger partial charge is 0.239 e. The molecule has 1 atom stereocenters. The average Bonchev–Trinajstić information content (AvgIpc) is 3.19. The number of guanidine groups is 1. The first-order chi connectivity index (χ1) is 14.2. The fraction of sp³-hybridized carbons (Fsp3) is 0.652. The summed E-state index contributed by atoms with van der Waals surface area (Å²) >= 11 is 0. The molecule has 6 heteroatoms. The molecule has 2 aliphatic carbocycles. The molecule has 2 saturated carbocycles. The van der Waals surface area contributed by atoms with Crippen molar-refractivity contribution in [2.24, 2.45) is 4.99 Å². The molecule has 1 aromatic rings. The van der Waals surface area contributed by atoms with E-state index in [1.165, 1.54) is 37.7 Å². The van der Waals surface area contributed by atoms with E-state index >= 15 is 0 Å². The van der Waals surface area contributed by atoms with Crippen LogP contribution in [0.1, 0.15) is 75.8 Å². The molecular formula is C23H34N4O2. The van der Waals surface area contributed by atoms with Gasteiger partial charge in [0.1, 0.15) is 11.4 Å². The number of para-hydroxylation sites is 1. The van der Waals surface area contributed by atoms with Crippen LogP contribution in [0.2, 0.25) is 0 Å². The minimum absolute atomic E-state index is 0.0412. The van der Waals surface area contributed by atoms with Crippen molar-refractivity contribution in [2.75, 3.05) is 13.6 Å². The highest BCUT2D eigenvalue weighted by molar-refractivity contribution is 5.86. The third-order valence-electron chi connectivity index (χ3n) is 6.63. The van der Waals surface area contributed by atoms with Crippen LogP contribution >= 0.6 is 0 Å². The monoisotopic (exact) mass is 398 g/mol. The Morgan fingerprint density at radius 1 is 1.10 bits per heavy atom. The molecule has 29 heavy (non-hydrogen) atoms. The van der Waals surface area contributed by atoms with Gasteiger partial charge in [0.2, 0.25) is 5.91 Å². The van der Waals surface area contributed by atoms with Gasteiger partial charge in [0.05, 0.1) is 12.6 Å². The third kappa shape index (κ3) is 4.85. The van der Waals surface area contributed by atoms with Crippen LogP contribution in [0.5, 0.6) is 5.75 Å². The van der Waals surface area contributed by atoms with Crippen LogP contribution in [0.3, 0.4) is 0 Å². The lowest BCUT2D eigenvalue weighted by Gasteiger charge is -2.40. The predicted octanol–water partition coefficient (Wildman–Crippen LogP) is 3.44. The number of nitrogens with one attached hydrogen (secondary N) is 3. The van der Waals surface area contributed by atoms with Crippen molar-refractivity contribution >= 4 is 11.9 Å². The number of aliphatic imine (C=N–C) groups is 1. The number of ether oxygens (including phenoxy) is 1. The van der Waals surface area contributed by atoms with Gasteiger partial charge in [-0.1, -0.05) is 37.5 Å². The molecular weight excluding hydrogens is 364 g/mol. The van der Waals surface area contributed by atoms with Crippen LogP contribution in [-0.4, -0.2) is 37.1 Å². The molecule has 1 heterocycles. The number of amides is 1. The van der Waals surface area contributed by atoms with Gasteiger partial charge in [0.15, 0.2) is 5.96 Å². The third-order valence-corrected chi connectivity index (χ3v) is 6.63.